The molecule has 3 rings (SSSR count). The van der Waals surface area contributed by atoms with Gasteiger partial charge in [0.05, 0.1) is 24.9 Å². The van der Waals surface area contributed by atoms with Crippen LogP contribution in [0, 0.1) is 6.92 Å². The molecule has 0 amide bonds. The number of aryl methyl sites for hydroxylation is 1. The first kappa shape index (κ1) is 13.6. The second-order valence-electron chi connectivity index (χ2n) is 4.70. The van der Waals surface area contributed by atoms with Gasteiger partial charge in [-0.15, -0.1) is 11.3 Å². The monoisotopic (exact) mass is 301 g/mol. The number of anilines is 1. The molecule has 0 atom stereocenters. The highest BCUT2D eigenvalue weighted by Crippen LogP contribution is 2.25. The number of nitrogens with zero attached hydrogens (tertiary/aromatic N) is 1. The summed E-state index contributed by atoms with van der Waals surface area (Å²) in [4.78, 5) is 19.2. The van der Waals surface area contributed by atoms with Crippen LogP contribution in [0.1, 0.15) is 11.4 Å². The molecule has 108 valence electrons. The Morgan fingerprint density at radius 2 is 2.24 bits per heavy atom. The van der Waals surface area contributed by atoms with E-state index >= 15 is 0 Å². The molecule has 0 saturated heterocycles. The lowest BCUT2D eigenvalue weighted by atomic mass is 10.2. The number of fused-ring (bicyclic) bond motifs is 1. The first-order valence-electron chi connectivity index (χ1n) is 6.52. The molecule has 0 bridgehead atoms. The van der Waals surface area contributed by atoms with E-state index in [1.807, 2.05) is 36.6 Å². The third-order valence-electron chi connectivity index (χ3n) is 3.17. The molecule has 1 aromatic carbocycles. The van der Waals surface area contributed by atoms with E-state index in [1.165, 1.54) is 11.3 Å². The molecule has 2 N–H and O–H groups in total. The fourth-order valence-corrected chi connectivity index (χ4v) is 2.87. The van der Waals surface area contributed by atoms with Crippen LogP contribution in [0.4, 0.5) is 5.69 Å². The largest absolute Gasteiger partial charge is 0.495 e. The van der Waals surface area contributed by atoms with Gasteiger partial charge in [0.2, 0.25) is 0 Å². The molecule has 0 unspecified atom stereocenters. The Labute approximate surface area is 125 Å². The van der Waals surface area contributed by atoms with Crippen molar-refractivity contribution < 1.29 is 4.74 Å². The zero-order chi connectivity index (χ0) is 14.8. The van der Waals surface area contributed by atoms with Crippen molar-refractivity contribution in [1.29, 1.82) is 0 Å². The second-order valence-corrected chi connectivity index (χ2v) is 5.62. The zero-order valence-electron chi connectivity index (χ0n) is 11.8. The summed E-state index contributed by atoms with van der Waals surface area (Å²) in [7, 11) is 1.63. The number of benzene rings is 1. The van der Waals surface area contributed by atoms with Crippen LogP contribution < -0.4 is 15.6 Å². The van der Waals surface area contributed by atoms with Crippen molar-refractivity contribution in [3.63, 3.8) is 0 Å². The van der Waals surface area contributed by atoms with E-state index in [4.69, 9.17) is 4.74 Å². The minimum Gasteiger partial charge on any atom is -0.495 e. The predicted molar refractivity (Wildman–Crippen MR) is 85.3 cm³/mol. The summed E-state index contributed by atoms with van der Waals surface area (Å²) < 4.78 is 5.98. The highest BCUT2D eigenvalue weighted by Gasteiger charge is 2.07. The van der Waals surface area contributed by atoms with E-state index in [2.05, 4.69) is 15.3 Å². The maximum absolute atomic E-state index is 11.9. The van der Waals surface area contributed by atoms with E-state index in [0.29, 0.717) is 17.1 Å². The minimum absolute atomic E-state index is 0.0944. The molecule has 0 saturated carbocycles. The van der Waals surface area contributed by atoms with Crippen molar-refractivity contribution in [2.75, 3.05) is 12.4 Å². The number of thiophene rings is 1. The van der Waals surface area contributed by atoms with Gasteiger partial charge in [0.25, 0.3) is 5.56 Å². The summed E-state index contributed by atoms with van der Waals surface area (Å²) in [5.41, 5.74) is 2.65. The standard InChI is InChI=1S/C15H15N3O2S/c1-9-3-4-12(20-2)11(7-9)16-8-13-17-10-5-6-21-14(10)15(19)18-13/h3-7,16H,8H2,1-2H3,(H,17,18,19). The molecule has 5 nitrogen and oxygen atoms in total. The number of methoxy groups -OCH3 is 1. The molecule has 0 fully saturated rings. The molecule has 2 aromatic heterocycles. The van der Waals surface area contributed by atoms with Crippen molar-refractivity contribution in [2.45, 2.75) is 13.5 Å². The number of H-pyrrole nitrogens is 1. The number of ether oxygens (including phenoxy) is 1. The van der Waals surface area contributed by atoms with Crippen molar-refractivity contribution >= 4 is 27.2 Å². The highest BCUT2D eigenvalue weighted by atomic mass is 32.1. The van der Waals surface area contributed by atoms with Gasteiger partial charge in [0.1, 0.15) is 16.3 Å². The fourth-order valence-electron chi connectivity index (χ4n) is 2.14. The maximum Gasteiger partial charge on any atom is 0.268 e. The molecule has 0 aliphatic carbocycles. The van der Waals surface area contributed by atoms with Gasteiger partial charge < -0.3 is 15.0 Å². The van der Waals surface area contributed by atoms with Gasteiger partial charge in [-0.2, -0.15) is 0 Å². The number of hydrogen-bond donors (Lipinski definition) is 2. The van der Waals surface area contributed by atoms with Crippen molar-refractivity contribution in [2.24, 2.45) is 0 Å². The van der Waals surface area contributed by atoms with Crippen LogP contribution in [0.5, 0.6) is 5.75 Å². The maximum atomic E-state index is 11.9. The summed E-state index contributed by atoms with van der Waals surface area (Å²) in [5, 5.41) is 5.12. The predicted octanol–water partition coefficient (Wildman–Crippen LogP) is 2.91. The van der Waals surface area contributed by atoms with Crippen LogP contribution in [0.2, 0.25) is 0 Å². The van der Waals surface area contributed by atoms with Gasteiger partial charge in [-0.1, -0.05) is 6.07 Å². The average molecular weight is 301 g/mol. The summed E-state index contributed by atoms with van der Waals surface area (Å²) in [6, 6.07) is 7.75. The van der Waals surface area contributed by atoms with Gasteiger partial charge in [-0.3, -0.25) is 4.79 Å². The lowest BCUT2D eigenvalue weighted by Crippen LogP contribution is -2.13. The second kappa shape index (κ2) is 5.57. The van der Waals surface area contributed by atoms with Crippen LogP contribution in [-0.4, -0.2) is 17.1 Å². The molecular weight excluding hydrogens is 286 g/mol. The molecule has 0 radical (unpaired) electrons. The summed E-state index contributed by atoms with van der Waals surface area (Å²) in [6.45, 7) is 2.45. The Kier molecular flexibility index (Phi) is 3.62. The summed E-state index contributed by atoms with van der Waals surface area (Å²) in [6.07, 6.45) is 0. The quantitative estimate of drug-likeness (QED) is 0.777. The lowest BCUT2D eigenvalue weighted by molar-refractivity contribution is 0.416. The number of aromatic nitrogens is 2. The van der Waals surface area contributed by atoms with Gasteiger partial charge in [0.15, 0.2) is 0 Å². The normalized spacial score (nSPS) is 10.8. The number of rotatable bonds is 4. The van der Waals surface area contributed by atoms with Crippen LogP contribution in [0.15, 0.2) is 34.4 Å². The molecular formula is C15H15N3O2S. The van der Waals surface area contributed by atoms with Gasteiger partial charge >= 0.3 is 0 Å². The fraction of sp³-hybridized carbons (Fsp3) is 0.200. The minimum atomic E-state index is -0.0944. The smallest absolute Gasteiger partial charge is 0.268 e. The first-order chi connectivity index (χ1) is 10.2. The molecule has 0 aliphatic rings. The Morgan fingerprint density at radius 1 is 1.38 bits per heavy atom. The number of nitrogens with one attached hydrogen (secondary N) is 2. The Balaban J connectivity index is 1.86. The Morgan fingerprint density at radius 3 is 3.05 bits per heavy atom. The number of hydrogen-bond acceptors (Lipinski definition) is 5. The number of aromatic amines is 1. The molecule has 21 heavy (non-hydrogen) atoms. The Hall–Kier alpha value is -2.34. The van der Waals surface area contributed by atoms with E-state index in [0.717, 1.165) is 22.5 Å². The van der Waals surface area contributed by atoms with Crippen LogP contribution in [0.25, 0.3) is 10.2 Å². The lowest BCUT2D eigenvalue weighted by Gasteiger charge is -2.11. The summed E-state index contributed by atoms with van der Waals surface area (Å²) in [5.74, 6) is 1.37. The molecule has 3 aromatic rings. The van der Waals surface area contributed by atoms with E-state index in [9.17, 15) is 4.79 Å². The van der Waals surface area contributed by atoms with Crippen molar-refractivity contribution in [1.82, 2.24) is 9.97 Å². The molecule has 6 heteroatoms. The summed E-state index contributed by atoms with van der Waals surface area (Å²) >= 11 is 1.40. The third kappa shape index (κ3) is 2.75. The average Bonchev–Trinajstić information content (AvgIpc) is 2.94. The van der Waals surface area contributed by atoms with Crippen LogP contribution in [-0.2, 0) is 6.54 Å². The van der Waals surface area contributed by atoms with Crippen LogP contribution >= 0.6 is 11.3 Å². The Bertz CT molecular complexity index is 838. The van der Waals surface area contributed by atoms with Gasteiger partial charge in [-0.25, -0.2) is 4.98 Å². The molecule has 0 spiro atoms. The van der Waals surface area contributed by atoms with Crippen LogP contribution in [0.3, 0.4) is 0 Å². The van der Waals surface area contributed by atoms with Crippen molar-refractivity contribution in [3.05, 3.63) is 51.4 Å². The van der Waals surface area contributed by atoms with E-state index < -0.39 is 0 Å². The van der Waals surface area contributed by atoms with Crippen molar-refractivity contribution in [3.8, 4) is 5.75 Å². The van der Waals surface area contributed by atoms with Gasteiger partial charge in [-0.05, 0) is 36.1 Å². The molecule has 0 aliphatic heterocycles. The van der Waals surface area contributed by atoms with E-state index in [1.54, 1.807) is 7.11 Å². The third-order valence-corrected chi connectivity index (χ3v) is 4.07. The molecule has 2 heterocycles. The highest BCUT2D eigenvalue weighted by molar-refractivity contribution is 7.17. The van der Waals surface area contributed by atoms with E-state index in [-0.39, 0.29) is 5.56 Å². The first-order valence-corrected chi connectivity index (χ1v) is 7.40. The SMILES string of the molecule is COc1ccc(C)cc1NCc1nc2ccsc2c(=O)[nH]1. The van der Waals surface area contributed by atoms with Gasteiger partial charge in [0, 0.05) is 0 Å². The zero-order valence-corrected chi connectivity index (χ0v) is 12.6. The topological polar surface area (TPSA) is 67.0 Å².